The molecule has 0 aromatic carbocycles. The predicted molar refractivity (Wildman–Crippen MR) is 49.9 cm³/mol. The van der Waals surface area contributed by atoms with Crippen molar-refractivity contribution in [2.24, 2.45) is 0 Å². The van der Waals surface area contributed by atoms with Crippen LogP contribution in [0.5, 0.6) is 0 Å². The first-order valence-corrected chi connectivity index (χ1v) is 4.44. The molecule has 1 aliphatic heterocycles. The zero-order chi connectivity index (χ0) is 10.1. The Morgan fingerprint density at radius 2 is 2.50 bits per heavy atom. The number of carbonyl (C=O) groups is 1. The fraction of sp³-hybridized carbons (Fsp3) is 0.500. The van der Waals surface area contributed by atoms with E-state index in [9.17, 15) is 4.79 Å². The van der Waals surface area contributed by atoms with Crippen molar-refractivity contribution in [3.8, 4) is 0 Å². The number of hydrogen-bond acceptors (Lipinski definition) is 3. The number of rotatable bonds is 1. The van der Waals surface area contributed by atoms with E-state index < -0.39 is 6.09 Å². The third kappa shape index (κ3) is 1.50. The van der Waals surface area contributed by atoms with Crippen LogP contribution < -0.4 is 5.73 Å². The van der Waals surface area contributed by atoms with E-state index in [1.165, 1.54) is 4.90 Å². The standard InChI is InChI=1S/C8H12N4O2/c9-6-3-10-12(4-6)7-1-2-11(5-7)8(13)14/h3-4,7H,1-2,5,9H2,(H,13,14). The number of aromatic nitrogens is 2. The molecule has 1 aromatic rings. The molecule has 1 amide bonds. The SMILES string of the molecule is Nc1cnn(C2CCN(C(=O)O)C2)c1. The second-order valence-electron chi connectivity index (χ2n) is 3.42. The van der Waals surface area contributed by atoms with E-state index >= 15 is 0 Å². The second kappa shape index (κ2) is 3.21. The van der Waals surface area contributed by atoms with Gasteiger partial charge in [0, 0.05) is 19.3 Å². The molecule has 1 unspecified atom stereocenters. The Labute approximate surface area is 80.9 Å². The van der Waals surface area contributed by atoms with Crippen LogP contribution in [-0.2, 0) is 0 Å². The number of likely N-dealkylation sites (tertiary alicyclic amines) is 1. The number of nitrogen functional groups attached to an aromatic ring is 1. The molecule has 3 N–H and O–H groups in total. The first kappa shape index (κ1) is 8.86. The normalized spacial score (nSPS) is 21.4. The van der Waals surface area contributed by atoms with Gasteiger partial charge in [-0.3, -0.25) is 4.68 Å². The van der Waals surface area contributed by atoms with E-state index in [4.69, 9.17) is 10.8 Å². The summed E-state index contributed by atoms with van der Waals surface area (Å²) in [5, 5.41) is 12.8. The smallest absolute Gasteiger partial charge is 0.407 e. The molecule has 6 nitrogen and oxygen atoms in total. The molecular weight excluding hydrogens is 184 g/mol. The topological polar surface area (TPSA) is 84.4 Å². The van der Waals surface area contributed by atoms with Crippen LogP contribution in [0.25, 0.3) is 0 Å². The second-order valence-corrected chi connectivity index (χ2v) is 3.42. The Hall–Kier alpha value is -1.72. The molecule has 76 valence electrons. The maximum atomic E-state index is 10.7. The molecule has 1 saturated heterocycles. The van der Waals surface area contributed by atoms with E-state index in [0.717, 1.165) is 6.42 Å². The summed E-state index contributed by atoms with van der Waals surface area (Å²) in [5.74, 6) is 0. The fourth-order valence-corrected chi connectivity index (χ4v) is 1.68. The van der Waals surface area contributed by atoms with Crippen LogP contribution in [0.4, 0.5) is 10.5 Å². The minimum Gasteiger partial charge on any atom is -0.465 e. The molecule has 0 aliphatic carbocycles. The maximum Gasteiger partial charge on any atom is 0.407 e. The Kier molecular flexibility index (Phi) is 2.03. The van der Waals surface area contributed by atoms with Gasteiger partial charge in [0.25, 0.3) is 0 Å². The lowest BCUT2D eigenvalue weighted by Crippen LogP contribution is -2.27. The third-order valence-corrected chi connectivity index (χ3v) is 2.43. The van der Waals surface area contributed by atoms with Crippen LogP contribution in [0.15, 0.2) is 12.4 Å². The van der Waals surface area contributed by atoms with E-state index in [-0.39, 0.29) is 6.04 Å². The molecule has 0 bridgehead atoms. The van der Waals surface area contributed by atoms with Crippen molar-refractivity contribution in [1.82, 2.24) is 14.7 Å². The Morgan fingerprint density at radius 1 is 1.71 bits per heavy atom. The van der Waals surface area contributed by atoms with Crippen LogP contribution in [-0.4, -0.2) is 39.0 Å². The number of amides is 1. The van der Waals surface area contributed by atoms with E-state index in [0.29, 0.717) is 18.8 Å². The number of carboxylic acid groups (broad SMARTS) is 1. The molecule has 1 aromatic heterocycles. The predicted octanol–water partition coefficient (Wildman–Crippen LogP) is 0.390. The van der Waals surface area contributed by atoms with Crippen LogP contribution in [0, 0.1) is 0 Å². The number of anilines is 1. The lowest BCUT2D eigenvalue weighted by Gasteiger charge is -2.12. The summed E-state index contributed by atoms with van der Waals surface area (Å²) in [5.41, 5.74) is 6.14. The lowest BCUT2D eigenvalue weighted by atomic mass is 10.3. The van der Waals surface area contributed by atoms with Gasteiger partial charge in [-0.05, 0) is 6.42 Å². The molecule has 2 rings (SSSR count). The van der Waals surface area contributed by atoms with Crippen molar-refractivity contribution < 1.29 is 9.90 Å². The van der Waals surface area contributed by atoms with Gasteiger partial charge in [-0.2, -0.15) is 5.10 Å². The fourth-order valence-electron chi connectivity index (χ4n) is 1.68. The van der Waals surface area contributed by atoms with Gasteiger partial charge in [-0.1, -0.05) is 0 Å². The summed E-state index contributed by atoms with van der Waals surface area (Å²) in [4.78, 5) is 12.0. The van der Waals surface area contributed by atoms with Gasteiger partial charge in [0.1, 0.15) is 0 Å². The largest absolute Gasteiger partial charge is 0.465 e. The highest BCUT2D eigenvalue weighted by atomic mass is 16.4. The van der Waals surface area contributed by atoms with E-state index in [1.54, 1.807) is 17.1 Å². The van der Waals surface area contributed by atoms with Crippen LogP contribution in [0.1, 0.15) is 12.5 Å². The number of nitrogens with zero attached hydrogens (tertiary/aromatic N) is 3. The number of hydrogen-bond donors (Lipinski definition) is 2. The Bertz CT molecular complexity index is 349. The summed E-state index contributed by atoms with van der Waals surface area (Å²) >= 11 is 0. The monoisotopic (exact) mass is 196 g/mol. The molecular formula is C8H12N4O2. The molecule has 1 atom stereocenters. The van der Waals surface area contributed by atoms with Crippen LogP contribution >= 0.6 is 0 Å². The molecule has 1 aliphatic rings. The highest BCUT2D eigenvalue weighted by molar-refractivity contribution is 5.65. The summed E-state index contributed by atoms with van der Waals surface area (Å²) < 4.78 is 1.73. The van der Waals surface area contributed by atoms with Crippen molar-refractivity contribution in [3.63, 3.8) is 0 Å². The molecule has 0 radical (unpaired) electrons. The van der Waals surface area contributed by atoms with Gasteiger partial charge in [0.15, 0.2) is 0 Å². The molecule has 2 heterocycles. The van der Waals surface area contributed by atoms with E-state index in [2.05, 4.69) is 5.10 Å². The number of nitrogens with two attached hydrogens (primary N) is 1. The average Bonchev–Trinajstić information content (AvgIpc) is 2.70. The van der Waals surface area contributed by atoms with Gasteiger partial charge < -0.3 is 15.7 Å². The Balaban J connectivity index is 2.05. The van der Waals surface area contributed by atoms with Crippen molar-refractivity contribution in [2.75, 3.05) is 18.8 Å². The van der Waals surface area contributed by atoms with E-state index in [1.807, 2.05) is 0 Å². The maximum absolute atomic E-state index is 10.7. The zero-order valence-electron chi connectivity index (χ0n) is 7.63. The van der Waals surface area contributed by atoms with Gasteiger partial charge in [0.2, 0.25) is 0 Å². The van der Waals surface area contributed by atoms with Crippen molar-refractivity contribution in [2.45, 2.75) is 12.5 Å². The van der Waals surface area contributed by atoms with Crippen molar-refractivity contribution in [3.05, 3.63) is 12.4 Å². The van der Waals surface area contributed by atoms with Crippen molar-refractivity contribution in [1.29, 1.82) is 0 Å². The molecule has 14 heavy (non-hydrogen) atoms. The first-order valence-electron chi connectivity index (χ1n) is 4.44. The summed E-state index contributed by atoms with van der Waals surface area (Å²) in [6, 6.07) is 0.128. The molecule has 6 heteroatoms. The first-order chi connectivity index (χ1) is 6.66. The van der Waals surface area contributed by atoms with Gasteiger partial charge in [0.05, 0.1) is 17.9 Å². The van der Waals surface area contributed by atoms with Gasteiger partial charge in [-0.15, -0.1) is 0 Å². The molecule has 1 fully saturated rings. The summed E-state index contributed by atoms with van der Waals surface area (Å²) in [6.07, 6.45) is 3.24. The lowest BCUT2D eigenvalue weighted by molar-refractivity contribution is 0.154. The minimum atomic E-state index is -0.868. The molecule has 0 spiro atoms. The zero-order valence-corrected chi connectivity index (χ0v) is 7.63. The molecule has 0 saturated carbocycles. The summed E-state index contributed by atoms with van der Waals surface area (Å²) in [6.45, 7) is 1.07. The average molecular weight is 196 g/mol. The van der Waals surface area contributed by atoms with Gasteiger partial charge in [-0.25, -0.2) is 4.79 Å². The Morgan fingerprint density at radius 3 is 3.00 bits per heavy atom. The minimum absolute atomic E-state index is 0.128. The summed E-state index contributed by atoms with van der Waals surface area (Å²) in [7, 11) is 0. The van der Waals surface area contributed by atoms with Crippen LogP contribution in [0.2, 0.25) is 0 Å². The van der Waals surface area contributed by atoms with Crippen molar-refractivity contribution >= 4 is 11.8 Å². The highest BCUT2D eigenvalue weighted by Crippen LogP contribution is 2.21. The highest BCUT2D eigenvalue weighted by Gasteiger charge is 2.27. The third-order valence-electron chi connectivity index (χ3n) is 2.43. The quantitative estimate of drug-likeness (QED) is 0.680. The van der Waals surface area contributed by atoms with Crippen LogP contribution in [0.3, 0.4) is 0 Å². The van der Waals surface area contributed by atoms with Gasteiger partial charge >= 0.3 is 6.09 Å².